The van der Waals surface area contributed by atoms with Gasteiger partial charge in [0.05, 0.1) is 0 Å². The highest BCUT2D eigenvalue weighted by Gasteiger charge is 2.12. The third-order valence-electron chi connectivity index (χ3n) is 2.52. The predicted octanol–water partition coefficient (Wildman–Crippen LogP) is 0.297. The number of hydrogen-bond donors (Lipinski definition) is 1. The molecular formula is C9H17IN6S. The number of aromatic nitrogens is 3. The summed E-state index contributed by atoms with van der Waals surface area (Å²) in [4.78, 5) is 10.6. The van der Waals surface area contributed by atoms with E-state index < -0.39 is 0 Å². The normalized spacial score (nSPS) is 16.8. The van der Waals surface area contributed by atoms with Gasteiger partial charge in [-0.2, -0.15) is 16.9 Å². The summed E-state index contributed by atoms with van der Waals surface area (Å²) >= 11 is 1.96. The topological polar surface area (TPSA) is 72.3 Å². The van der Waals surface area contributed by atoms with Crippen molar-refractivity contribution in [2.75, 3.05) is 24.6 Å². The molecule has 96 valence electrons. The number of aliphatic imine (C=N–C) groups is 1. The van der Waals surface area contributed by atoms with E-state index in [2.05, 4.69) is 20.0 Å². The summed E-state index contributed by atoms with van der Waals surface area (Å²) < 4.78 is 1.71. The van der Waals surface area contributed by atoms with Gasteiger partial charge in [0, 0.05) is 31.6 Å². The molecule has 0 unspecified atom stereocenters. The van der Waals surface area contributed by atoms with E-state index in [-0.39, 0.29) is 24.0 Å². The maximum atomic E-state index is 5.92. The van der Waals surface area contributed by atoms with E-state index in [1.54, 1.807) is 4.68 Å². The molecule has 1 aliphatic rings. The van der Waals surface area contributed by atoms with E-state index >= 15 is 0 Å². The fraction of sp³-hybridized carbons (Fsp3) is 0.667. The van der Waals surface area contributed by atoms with Crippen LogP contribution in [0.5, 0.6) is 0 Å². The minimum atomic E-state index is 0. The molecule has 1 fully saturated rings. The third kappa shape index (κ3) is 4.02. The molecule has 2 rings (SSSR count). The SMILES string of the molecule is Cn1ncnc1CN=C(N)N1CCSCC1.I. The van der Waals surface area contributed by atoms with E-state index in [0.29, 0.717) is 12.5 Å². The van der Waals surface area contributed by atoms with Gasteiger partial charge >= 0.3 is 0 Å². The number of thioether (sulfide) groups is 1. The molecular weight excluding hydrogens is 351 g/mol. The molecule has 0 radical (unpaired) electrons. The Kier molecular flexibility index (Phi) is 6.03. The first kappa shape index (κ1) is 14.6. The Labute approximate surface area is 122 Å². The smallest absolute Gasteiger partial charge is 0.191 e. The second-order valence-corrected chi connectivity index (χ2v) is 4.80. The van der Waals surface area contributed by atoms with Crippen molar-refractivity contribution in [1.82, 2.24) is 19.7 Å². The van der Waals surface area contributed by atoms with Crippen molar-refractivity contribution in [2.24, 2.45) is 17.8 Å². The largest absolute Gasteiger partial charge is 0.370 e. The maximum absolute atomic E-state index is 5.92. The summed E-state index contributed by atoms with van der Waals surface area (Å²) in [5, 5.41) is 3.99. The molecule has 0 atom stereocenters. The number of halogens is 1. The molecule has 1 saturated heterocycles. The van der Waals surface area contributed by atoms with Crippen molar-refractivity contribution in [3.05, 3.63) is 12.2 Å². The molecule has 0 saturated carbocycles. The predicted molar refractivity (Wildman–Crippen MR) is 80.6 cm³/mol. The monoisotopic (exact) mass is 368 g/mol. The molecule has 0 aliphatic carbocycles. The van der Waals surface area contributed by atoms with E-state index in [4.69, 9.17) is 5.73 Å². The third-order valence-corrected chi connectivity index (χ3v) is 3.47. The van der Waals surface area contributed by atoms with E-state index in [0.717, 1.165) is 30.4 Å². The molecule has 6 nitrogen and oxygen atoms in total. The summed E-state index contributed by atoms with van der Waals surface area (Å²) in [6.45, 7) is 2.46. The van der Waals surface area contributed by atoms with Crippen molar-refractivity contribution < 1.29 is 0 Å². The Morgan fingerprint density at radius 1 is 1.53 bits per heavy atom. The van der Waals surface area contributed by atoms with Gasteiger partial charge in [0.15, 0.2) is 5.96 Å². The minimum Gasteiger partial charge on any atom is -0.370 e. The van der Waals surface area contributed by atoms with Gasteiger partial charge in [0.1, 0.15) is 18.7 Å². The molecule has 17 heavy (non-hydrogen) atoms. The standard InChI is InChI=1S/C9H16N6S.HI/c1-14-8(12-7-13-14)6-11-9(10)15-2-4-16-5-3-15;/h7H,2-6H2,1H3,(H2,10,11);1H. The molecule has 0 bridgehead atoms. The summed E-state index contributed by atoms with van der Waals surface area (Å²) in [6, 6.07) is 0. The molecule has 1 aliphatic heterocycles. The van der Waals surface area contributed by atoms with Gasteiger partial charge < -0.3 is 10.6 Å². The first-order valence-electron chi connectivity index (χ1n) is 5.23. The average Bonchev–Trinajstić information content (AvgIpc) is 2.73. The van der Waals surface area contributed by atoms with Crippen molar-refractivity contribution >= 4 is 41.7 Å². The fourth-order valence-corrected chi connectivity index (χ4v) is 2.41. The quantitative estimate of drug-likeness (QED) is 0.462. The van der Waals surface area contributed by atoms with Crippen LogP contribution in [0.4, 0.5) is 0 Å². The number of aryl methyl sites for hydroxylation is 1. The fourth-order valence-electron chi connectivity index (χ4n) is 1.51. The molecule has 2 heterocycles. The van der Waals surface area contributed by atoms with Crippen LogP contribution in [0, 0.1) is 0 Å². The van der Waals surface area contributed by atoms with Crippen LogP contribution >= 0.6 is 35.7 Å². The lowest BCUT2D eigenvalue weighted by molar-refractivity contribution is 0.455. The van der Waals surface area contributed by atoms with Gasteiger partial charge in [-0.05, 0) is 0 Å². The second kappa shape index (κ2) is 7.04. The number of nitrogens with two attached hydrogens (primary N) is 1. The first-order valence-corrected chi connectivity index (χ1v) is 6.38. The molecule has 1 aromatic rings. The highest BCUT2D eigenvalue weighted by atomic mass is 127. The van der Waals surface area contributed by atoms with Crippen LogP contribution in [0.25, 0.3) is 0 Å². The van der Waals surface area contributed by atoms with Crippen LogP contribution in [0.1, 0.15) is 5.82 Å². The Bertz CT molecular complexity index is 373. The molecule has 2 N–H and O–H groups in total. The van der Waals surface area contributed by atoms with Crippen LogP contribution in [-0.4, -0.2) is 50.2 Å². The van der Waals surface area contributed by atoms with Gasteiger partial charge in [-0.15, -0.1) is 24.0 Å². The highest BCUT2D eigenvalue weighted by molar-refractivity contribution is 14.0. The van der Waals surface area contributed by atoms with Crippen LogP contribution in [0.15, 0.2) is 11.3 Å². The van der Waals surface area contributed by atoms with E-state index in [1.807, 2.05) is 18.8 Å². The van der Waals surface area contributed by atoms with Crippen LogP contribution < -0.4 is 5.73 Å². The Balaban J connectivity index is 0.00000144. The van der Waals surface area contributed by atoms with Crippen LogP contribution in [0.2, 0.25) is 0 Å². The summed E-state index contributed by atoms with van der Waals surface area (Å²) in [5.74, 6) is 3.69. The zero-order valence-corrected chi connectivity index (χ0v) is 12.9. The average molecular weight is 368 g/mol. The summed E-state index contributed by atoms with van der Waals surface area (Å²) in [7, 11) is 1.85. The number of hydrogen-bond acceptors (Lipinski definition) is 4. The molecule has 1 aromatic heterocycles. The van der Waals surface area contributed by atoms with Gasteiger partial charge in [-0.25, -0.2) is 9.98 Å². The van der Waals surface area contributed by atoms with Gasteiger partial charge in [0.2, 0.25) is 0 Å². The maximum Gasteiger partial charge on any atom is 0.191 e. The van der Waals surface area contributed by atoms with Crippen LogP contribution in [0.3, 0.4) is 0 Å². The zero-order valence-electron chi connectivity index (χ0n) is 9.74. The number of nitrogens with zero attached hydrogens (tertiary/aromatic N) is 5. The number of rotatable bonds is 2. The lowest BCUT2D eigenvalue weighted by Crippen LogP contribution is -2.42. The zero-order chi connectivity index (χ0) is 11.4. The van der Waals surface area contributed by atoms with Crippen molar-refractivity contribution in [3.63, 3.8) is 0 Å². The van der Waals surface area contributed by atoms with E-state index in [1.165, 1.54) is 6.33 Å². The Morgan fingerprint density at radius 2 is 2.24 bits per heavy atom. The Hall–Kier alpha value is -0.510. The lowest BCUT2D eigenvalue weighted by Gasteiger charge is -2.27. The highest BCUT2D eigenvalue weighted by Crippen LogP contribution is 2.08. The molecule has 0 amide bonds. The number of guanidine groups is 1. The van der Waals surface area contributed by atoms with Crippen molar-refractivity contribution in [1.29, 1.82) is 0 Å². The van der Waals surface area contributed by atoms with Crippen LogP contribution in [-0.2, 0) is 13.6 Å². The Morgan fingerprint density at radius 3 is 2.82 bits per heavy atom. The minimum absolute atomic E-state index is 0. The van der Waals surface area contributed by atoms with E-state index in [9.17, 15) is 0 Å². The first-order chi connectivity index (χ1) is 7.77. The molecule has 8 heteroatoms. The van der Waals surface area contributed by atoms with Gasteiger partial charge in [-0.1, -0.05) is 0 Å². The molecule has 0 aromatic carbocycles. The lowest BCUT2D eigenvalue weighted by atomic mass is 10.5. The summed E-state index contributed by atoms with van der Waals surface area (Å²) in [6.07, 6.45) is 1.53. The molecule has 0 spiro atoms. The van der Waals surface area contributed by atoms with Gasteiger partial charge in [0.25, 0.3) is 0 Å². The summed E-state index contributed by atoms with van der Waals surface area (Å²) in [5.41, 5.74) is 5.92. The van der Waals surface area contributed by atoms with Gasteiger partial charge in [-0.3, -0.25) is 4.68 Å². The van der Waals surface area contributed by atoms with Crippen molar-refractivity contribution in [3.8, 4) is 0 Å². The second-order valence-electron chi connectivity index (χ2n) is 3.57. The van der Waals surface area contributed by atoms with Crippen molar-refractivity contribution in [2.45, 2.75) is 6.54 Å².